The molecule has 0 heterocycles. The molecule has 3 aromatic rings. The summed E-state index contributed by atoms with van der Waals surface area (Å²) in [4.78, 5) is 0. The Hall–Kier alpha value is -3.26. The maximum absolute atomic E-state index is 13.8. The maximum Gasteiger partial charge on any atom is 0.180 e. The summed E-state index contributed by atoms with van der Waals surface area (Å²) in [6, 6.07) is 16.8. The lowest BCUT2D eigenvalue weighted by Crippen LogP contribution is -2.06. The summed E-state index contributed by atoms with van der Waals surface area (Å²) in [6.45, 7) is -0.200. The number of nitrogens with two attached hydrogens (primary N) is 1. The van der Waals surface area contributed by atoms with Crippen molar-refractivity contribution in [3.63, 3.8) is 0 Å². The number of benzene rings is 3. The van der Waals surface area contributed by atoms with Crippen LogP contribution >= 0.6 is 11.8 Å². The average Bonchev–Trinajstić information content (AvgIpc) is 2.74. The second kappa shape index (κ2) is 10.5. The second-order valence-electron chi connectivity index (χ2n) is 6.16. The van der Waals surface area contributed by atoms with Gasteiger partial charge in [-0.1, -0.05) is 42.1 Å². The van der Waals surface area contributed by atoms with E-state index in [1.54, 1.807) is 0 Å². The Bertz CT molecular complexity index is 1060. The normalized spacial score (nSPS) is 11.8. The Morgan fingerprint density at radius 3 is 2.47 bits per heavy atom. The van der Waals surface area contributed by atoms with Crippen molar-refractivity contribution in [1.82, 2.24) is 0 Å². The van der Waals surface area contributed by atoms with Crippen molar-refractivity contribution in [3.8, 4) is 5.75 Å². The first-order chi connectivity index (χ1) is 14.5. The zero-order valence-electron chi connectivity index (χ0n) is 15.8. The monoisotopic (exact) mass is 429 g/mol. The van der Waals surface area contributed by atoms with Crippen molar-refractivity contribution in [2.24, 2.45) is 15.9 Å². The summed E-state index contributed by atoms with van der Waals surface area (Å²) in [5, 5.41) is 8.11. The highest BCUT2D eigenvalue weighted by Gasteiger charge is 2.08. The smallest absolute Gasteiger partial charge is 0.180 e. The van der Waals surface area contributed by atoms with Crippen LogP contribution in [0.25, 0.3) is 0 Å². The molecule has 0 aromatic heterocycles. The molecule has 0 spiro atoms. The van der Waals surface area contributed by atoms with E-state index in [0.29, 0.717) is 11.3 Å². The van der Waals surface area contributed by atoms with E-state index < -0.39 is 17.5 Å². The van der Waals surface area contributed by atoms with Crippen molar-refractivity contribution in [2.45, 2.75) is 12.4 Å². The van der Waals surface area contributed by atoms with Gasteiger partial charge in [0.05, 0.1) is 6.21 Å². The molecule has 0 atom stereocenters. The molecule has 2 N–H and O–H groups in total. The highest BCUT2D eigenvalue weighted by molar-refractivity contribution is 8.13. The number of amidine groups is 1. The molecule has 0 saturated heterocycles. The summed E-state index contributed by atoms with van der Waals surface area (Å²) in [7, 11) is 0. The first-order valence-corrected chi connectivity index (χ1v) is 9.89. The third kappa shape index (κ3) is 6.38. The Kier molecular flexibility index (Phi) is 7.51. The number of ether oxygens (including phenoxy) is 1. The molecule has 0 radical (unpaired) electrons. The fourth-order valence-electron chi connectivity index (χ4n) is 2.44. The van der Waals surface area contributed by atoms with Crippen LogP contribution < -0.4 is 10.5 Å². The predicted octanol–water partition coefficient (Wildman–Crippen LogP) is 5.26. The van der Waals surface area contributed by atoms with E-state index in [4.69, 9.17) is 10.5 Å². The Labute approximate surface area is 176 Å². The van der Waals surface area contributed by atoms with E-state index >= 15 is 0 Å². The molecule has 30 heavy (non-hydrogen) atoms. The quantitative estimate of drug-likeness (QED) is 0.316. The predicted molar refractivity (Wildman–Crippen MR) is 114 cm³/mol. The summed E-state index contributed by atoms with van der Waals surface area (Å²) in [5.41, 5.74) is 7.53. The molecule has 3 aromatic carbocycles. The van der Waals surface area contributed by atoms with Crippen molar-refractivity contribution in [3.05, 3.63) is 101 Å². The van der Waals surface area contributed by atoms with Gasteiger partial charge in [-0.25, -0.2) is 13.2 Å². The van der Waals surface area contributed by atoms with Crippen LogP contribution in [0.15, 0.2) is 76.9 Å². The Morgan fingerprint density at radius 1 is 0.967 bits per heavy atom. The van der Waals surface area contributed by atoms with Gasteiger partial charge in [0.1, 0.15) is 29.8 Å². The zero-order valence-corrected chi connectivity index (χ0v) is 16.6. The molecule has 0 amide bonds. The van der Waals surface area contributed by atoms with Crippen molar-refractivity contribution >= 4 is 23.1 Å². The van der Waals surface area contributed by atoms with Gasteiger partial charge in [-0.2, -0.15) is 5.10 Å². The lowest BCUT2D eigenvalue weighted by molar-refractivity contribution is 0.297. The topological polar surface area (TPSA) is 60.0 Å². The van der Waals surface area contributed by atoms with Crippen LogP contribution in [-0.4, -0.2) is 11.4 Å². The number of halogens is 3. The number of hydrogen-bond donors (Lipinski definition) is 1. The zero-order chi connectivity index (χ0) is 21.3. The van der Waals surface area contributed by atoms with Gasteiger partial charge in [-0.3, -0.25) is 0 Å². The van der Waals surface area contributed by atoms with E-state index in [-0.39, 0.29) is 23.1 Å². The molecule has 0 saturated carbocycles. The molecule has 0 unspecified atom stereocenters. The molecule has 3 rings (SSSR count). The van der Waals surface area contributed by atoms with Gasteiger partial charge in [-0.05, 0) is 29.8 Å². The van der Waals surface area contributed by atoms with Crippen LogP contribution in [0.3, 0.4) is 0 Å². The number of rotatable bonds is 7. The van der Waals surface area contributed by atoms with Crippen LogP contribution in [0.1, 0.15) is 16.7 Å². The van der Waals surface area contributed by atoms with Crippen LogP contribution in [-0.2, 0) is 12.4 Å². The van der Waals surface area contributed by atoms with Gasteiger partial charge in [-0.15, -0.1) is 5.10 Å². The molecule has 0 fully saturated rings. The molecule has 0 aliphatic carbocycles. The number of nitrogens with zero attached hydrogens (tertiary/aromatic N) is 2. The van der Waals surface area contributed by atoms with Crippen molar-refractivity contribution < 1.29 is 17.9 Å². The van der Waals surface area contributed by atoms with Gasteiger partial charge in [0.15, 0.2) is 5.17 Å². The second-order valence-corrected chi connectivity index (χ2v) is 7.16. The number of thioether (sulfide) groups is 1. The van der Waals surface area contributed by atoms with E-state index in [0.717, 1.165) is 23.8 Å². The van der Waals surface area contributed by atoms with E-state index in [9.17, 15) is 13.2 Å². The van der Waals surface area contributed by atoms with Crippen LogP contribution in [0.2, 0.25) is 0 Å². The first-order valence-electron chi connectivity index (χ1n) is 8.91. The van der Waals surface area contributed by atoms with E-state index in [1.807, 2.05) is 30.3 Å². The SMILES string of the molecule is NC(=NN=Cc1ccc(F)cc1OCc1ccc(F)cc1F)SCc1ccccc1. The lowest BCUT2D eigenvalue weighted by Gasteiger charge is -2.10. The van der Waals surface area contributed by atoms with E-state index in [2.05, 4.69) is 10.2 Å². The molecule has 0 aliphatic rings. The van der Waals surface area contributed by atoms with Gasteiger partial charge in [0.25, 0.3) is 0 Å². The van der Waals surface area contributed by atoms with Crippen molar-refractivity contribution in [2.75, 3.05) is 0 Å². The molecule has 0 aliphatic heterocycles. The largest absolute Gasteiger partial charge is 0.488 e. The molecule has 4 nitrogen and oxygen atoms in total. The minimum Gasteiger partial charge on any atom is -0.488 e. The average molecular weight is 429 g/mol. The van der Waals surface area contributed by atoms with Crippen molar-refractivity contribution in [1.29, 1.82) is 0 Å². The lowest BCUT2D eigenvalue weighted by atomic mass is 10.2. The Morgan fingerprint density at radius 2 is 1.70 bits per heavy atom. The van der Waals surface area contributed by atoms with Gasteiger partial charge in [0.2, 0.25) is 0 Å². The highest BCUT2D eigenvalue weighted by atomic mass is 32.2. The molecule has 154 valence electrons. The summed E-state index contributed by atoms with van der Waals surface area (Å²) in [6.07, 6.45) is 1.37. The van der Waals surface area contributed by atoms with Gasteiger partial charge in [0, 0.05) is 29.0 Å². The minimum atomic E-state index is -0.741. The molecular formula is C22H18F3N3OS. The minimum absolute atomic E-state index is 0.142. The number of hydrogen-bond acceptors (Lipinski definition) is 4. The van der Waals surface area contributed by atoms with E-state index in [1.165, 1.54) is 36.2 Å². The molecule has 0 bridgehead atoms. The third-order valence-corrected chi connectivity index (χ3v) is 4.81. The fourth-order valence-corrected chi connectivity index (χ4v) is 3.05. The van der Waals surface area contributed by atoms with Crippen LogP contribution in [0.4, 0.5) is 13.2 Å². The van der Waals surface area contributed by atoms with Crippen LogP contribution in [0.5, 0.6) is 5.75 Å². The highest BCUT2D eigenvalue weighted by Crippen LogP contribution is 2.21. The third-order valence-electron chi connectivity index (χ3n) is 3.96. The van der Waals surface area contributed by atoms with Gasteiger partial charge < -0.3 is 10.5 Å². The standard InChI is InChI=1S/C22H18F3N3OS/c23-18-9-7-17(20(25)10-18)13-29-21-11-19(24)8-6-16(21)12-27-28-22(26)30-14-15-4-2-1-3-5-15/h1-12H,13-14H2,(H2,26,28). The summed E-state index contributed by atoms with van der Waals surface area (Å²) >= 11 is 1.33. The summed E-state index contributed by atoms with van der Waals surface area (Å²) in [5.74, 6) is -1.15. The molecule has 8 heteroatoms. The summed E-state index contributed by atoms with van der Waals surface area (Å²) < 4.78 is 45.9. The molecular weight excluding hydrogens is 411 g/mol. The fraction of sp³-hybridized carbons (Fsp3) is 0.0909. The first kappa shape index (κ1) is 21.4. The van der Waals surface area contributed by atoms with Crippen LogP contribution in [0, 0.1) is 17.5 Å². The van der Waals surface area contributed by atoms with Gasteiger partial charge >= 0.3 is 0 Å². The Balaban J connectivity index is 1.65. The maximum atomic E-state index is 13.8.